The Morgan fingerprint density at radius 3 is 2.36 bits per heavy atom. The van der Waals surface area contributed by atoms with Gasteiger partial charge in [0.2, 0.25) is 5.91 Å². The topological polar surface area (TPSA) is 93.2 Å². The molecule has 0 aromatic heterocycles. The van der Waals surface area contributed by atoms with E-state index < -0.39 is 46.8 Å². The highest BCUT2D eigenvalue weighted by Crippen LogP contribution is 2.62. The van der Waals surface area contributed by atoms with E-state index in [9.17, 15) is 9.59 Å². The molecule has 0 radical (unpaired) electrons. The molecule has 3 heterocycles. The first-order valence-corrected chi connectivity index (χ1v) is 14.9. The van der Waals surface area contributed by atoms with E-state index in [0.29, 0.717) is 24.2 Å². The molecule has 0 aliphatic carbocycles. The number of carbonyl (C=O) groups excluding carboxylic acids is 4. The predicted octanol–water partition coefficient (Wildman–Crippen LogP) is 5.66. The van der Waals surface area contributed by atoms with Crippen molar-refractivity contribution in [3.63, 3.8) is 0 Å². The van der Waals surface area contributed by atoms with Crippen LogP contribution in [0.15, 0.2) is 84.2 Å². The summed E-state index contributed by atoms with van der Waals surface area (Å²) in [5, 5.41) is 0. The van der Waals surface area contributed by atoms with Gasteiger partial charge in [0, 0.05) is 24.0 Å². The molecule has 0 N–H and O–H groups in total. The van der Waals surface area contributed by atoms with Crippen molar-refractivity contribution in [2.75, 3.05) is 25.7 Å². The Balaban J connectivity index is 1.80. The van der Waals surface area contributed by atoms with Crippen molar-refractivity contribution >= 4 is 35.4 Å². The number of methoxy groups -OCH3 is 2. The van der Waals surface area contributed by atoms with Gasteiger partial charge in [-0.3, -0.25) is 9.59 Å². The number of rotatable bonds is 7. The average Bonchev–Trinajstić information content (AvgIpc) is 3.28. The largest absolute Gasteiger partial charge is 0.466 e. The summed E-state index contributed by atoms with van der Waals surface area (Å²) in [7, 11) is 2.33. The third kappa shape index (κ3) is 4.40. The van der Waals surface area contributed by atoms with E-state index in [0.717, 1.165) is 24.7 Å². The number of amides is 1. The van der Waals surface area contributed by atoms with Crippen LogP contribution in [0.5, 0.6) is 0 Å². The molecule has 1 spiro atoms. The summed E-state index contributed by atoms with van der Waals surface area (Å²) >= 11 is 0. The lowest BCUT2D eigenvalue weighted by atomic mass is 9.56. The zero-order valence-corrected chi connectivity index (χ0v) is 25.5. The average molecular weight is 609 g/mol. The molecule has 230 valence electrons. The molecule has 45 heavy (non-hydrogen) atoms. The normalized spacial score (nSPS) is 21.4. The minimum atomic E-state index is -1.88. The number of ketones is 1. The Morgan fingerprint density at radius 1 is 0.956 bits per heavy atom. The van der Waals surface area contributed by atoms with Crippen LogP contribution in [-0.4, -0.2) is 49.3 Å². The second kappa shape index (κ2) is 11.5. The van der Waals surface area contributed by atoms with Crippen LogP contribution in [0, 0.1) is 18.7 Å². The molecule has 0 fully saturated rings. The molecular formula is C36H33FN2O6. The van der Waals surface area contributed by atoms with Crippen LogP contribution in [0.25, 0.3) is 6.08 Å². The predicted molar refractivity (Wildman–Crippen MR) is 165 cm³/mol. The van der Waals surface area contributed by atoms with E-state index in [-0.39, 0.29) is 22.4 Å². The number of Topliss-reactive ketones (excluding diaryl/α,β-unsaturated/α-hetero) is 1. The lowest BCUT2D eigenvalue weighted by Gasteiger charge is -2.52. The van der Waals surface area contributed by atoms with Gasteiger partial charge in [0.05, 0.1) is 31.8 Å². The number of ether oxygens (including phenoxy) is 2. The number of halogens is 1. The summed E-state index contributed by atoms with van der Waals surface area (Å²) in [5.74, 6) is -5.08. The zero-order valence-electron chi connectivity index (χ0n) is 25.5. The monoisotopic (exact) mass is 608 g/mol. The lowest BCUT2D eigenvalue weighted by Crippen LogP contribution is -2.61. The molecular weight excluding hydrogens is 575 g/mol. The van der Waals surface area contributed by atoms with Gasteiger partial charge < -0.3 is 19.3 Å². The van der Waals surface area contributed by atoms with Gasteiger partial charge in [-0.15, -0.1) is 0 Å². The molecule has 1 unspecified atom stereocenters. The number of hydrogen-bond donors (Lipinski definition) is 0. The Labute approximate surface area is 260 Å². The number of aryl methyl sites for hydroxylation is 1. The third-order valence-corrected chi connectivity index (χ3v) is 9.08. The number of fused-ring (bicyclic) bond motifs is 6. The Morgan fingerprint density at radius 2 is 1.67 bits per heavy atom. The van der Waals surface area contributed by atoms with E-state index in [1.165, 1.54) is 24.1 Å². The fraction of sp³-hybridized carbons (Fsp3) is 0.278. The molecule has 6 rings (SSSR count). The van der Waals surface area contributed by atoms with E-state index in [1.54, 1.807) is 53.6 Å². The highest BCUT2D eigenvalue weighted by atomic mass is 19.1. The van der Waals surface area contributed by atoms with E-state index >= 15 is 14.0 Å². The van der Waals surface area contributed by atoms with Gasteiger partial charge in [-0.25, -0.2) is 14.0 Å². The standard InChI is InChI=1S/C36H33FN2O6/c1-5-6-18-38-27-16-15-24(37)20-26(27)36(35(38)43)29(31(40)23-13-11-21(2)12-14-23)28(33(41)44-3)30(34(42)45-4)39-19-17-22-9-7-8-10-25(22)32(36)39/h7-17,19-20,29,32H,5-6,18H2,1-4H3/t29?,32-,36+/m0/s1. The molecule has 3 atom stereocenters. The SMILES string of the molecule is CCCCN1C(=O)[C@]2(c3cc(F)ccc31)C(C(=O)c1ccc(C)cc1)C(C(=O)OC)=C(C(=O)OC)N1C=Cc3ccccc3[C@H]12. The van der Waals surface area contributed by atoms with Gasteiger partial charge in [-0.1, -0.05) is 67.4 Å². The number of carbonyl (C=O) groups is 4. The van der Waals surface area contributed by atoms with Gasteiger partial charge in [-0.05, 0) is 54.3 Å². The summed E-state index contributed by atoms with van der Waals surface area (Å²) in [4.78, 5) is 61.0. The summed E-state index contributed by atoms with van der Waals surface area (Å²) in [5.41, 5.74) is 0.808. The molecule has 3 aromatic carbocycles. The highest BCUT2D eigenvalue weighted by molar-refractivity contribution is 6.19. The maximum absolute atomic E-state index is 15.4. The van der Waals surface area contributed by atoms with Crippen LogP contribution in [0.2, 0.25) is 0 Å². The first kappa shape index (κ1) is 30.0. The lowest BCUT2D eigenvalue weighted by molar-refractivity contribution is -0.144. The molecule has 0 bridgehead atoms. The van der Waals surface area contributed by atoms with E-state index in [2.05, 4.69) is 0 Å². The Bertz CT molecular complexity index is 1800. The highest BCUT2D eigenvalue weighted by Gasteiger charge is 2.69. The first-order chi connectivity index (χ1) is 21.7. The van der Waals surface area contributed by atoms with E-state index in [4.69, 9.17) is 9.47 Å². The van der Waals surface area contributed by atoms with Crippen molar-refractivity contribution in [1.82, 2.24) is 4.90 Å². The molecule has 3 aromatic rings. The van der Waals surface area contributed by atoms with Crippen LogP contribution < -0.4 is 4.90 Å². The third-order valence-electron chi connectivity index (χ3n) is 9.08. The number of benzene rings is 3. The fourth-order valence-electron chi connectivity index (χ4n) is 7.10. The first-order valence-electron chi connectivity index (χ1n) is 14.9. The van der Waals surface area contributed by atoms with Gasteiger partial charge in [0.1, 0.15) is 16.9 Å². The molecule has 9 heteroatoms. The number of esters is 2. The summed E-state index contributed by atoms with van der Waals surface area (Å²) in [6.45, 7) is 4.18. The summed E-state index contributed by atoms with van der Waals surface area (Å²) < 4.78 is 25.8. The quantitative estimate of drug-likeness (QED) is 0.253. The summed E-state index contributed by atoms with van der Waals surface area (Å²) in [6.07, 6.45) is 4.80. The second-order valence-electron chi connectivity index (χ2n) is 11.5. The number of nitrogens with zero attached hydrogens (tertiary/aromatic N) is 2. The Hall–Kier alpha value is -5.05. The van der Waals surface area contributed by atoms with Crippen molar-refractivity contribution in [3.05, 3.63) is 118 Å². The number of unbranched alkanes of at least 4 members (excludes halogenated alkanes) is 1. The summed E-state index contributed by atoms with van der Waals surface area (Å²) in [6, 6.07) is 17.2. The van der Waals surface area contributed by atoms with Crippen molar-refractivity contribution in [3.8, 4) is 0 Å². The second-order valence-corrected chi connectivity index (χ2v) is 11.5. The minimum absolute atomic E-state index is 0.214. The van der Waals surface area contributed by atoms with Gasteiger partial charge >= 0.3 is 11.9 Å². The fourth-order valence-corrected chi connectivity index (χ4v) is 7.10. The number of anilines is 1. The minimum Gasteiger partial charge on any atom is -0.466 e. The molecule has 3 aliphatic rings. The van der Waals surface area contributed by atoms with Crippen LogP contribution in [0.1, 0.15) is 58.4 Å². The van der Waals surface area contributed by atoms with Crippen LogP contribution in [0.3, 0.4) is 0 Å². The van der Waals surface area contributed by atoms with E-state index in [1.807, 2.05) is 32.0 Å². The maximum atomic E-state index is 15.4. The van der Waals surface area contributed by atoms with Crippen LogP contribution >= 0.6 is 0 Å². The molecule has 0 saturated heterocycles. The molecule has 1 amide bonds. The van der Waals surface area contributed by atoms with Crippen LogP contribution in [-0.2, 0) is 29.3 Å². The van der Waals surface area contributed by atoms with Crippen molar-refractivity contribution < 1.29 is 33.0 Å². The number of hydrogen-bond acceptors (Lipinski definition) is 7. The van der Waals surface area contributed by atoms with Gasteiger partial charge in [0.25, 0.3) is 0 Å². The van der Waals surface area contributed by atoms with Gasteiger partial charge in [0.15, 0.2) is 5.78 Å². The molecule has 8 nitrogen and oxygen atoms in total. The zero-order chi connectivity index (χ0) is 32.0. The van der Waals surface area contributed by atoms with Crippen molar-refractivity contribution in [2.24, 2.45) is 5.92 Å². The van der Waals surface area contributed by atoms with Crippen molar-refractivity contribution in [1.29, 1.82) is 0 Å². The van der Waals surface area contributed by atoms with Crippen molar-refractivity contribution in [2.45, 2.75) is 38.1 Å². The smallest absolute Gasteiger partial charge is 0.355 e. The Kier molecular flexibility index (Phi) is 7.64. The molecule has 0 saturated carbocycles. The molecule has 3 aliphatic heterocycles. The maximum Gasteiger partial charge on any atom is 0.355 e. The van der Waals surface area contributed by atoms with Gasteiger partial charge in [-0.2, -0.15) is 0 Å². The van der Waals surface area contributed by atoms with Crippen LogP contribution in [0.4, 0.5) is 10.1 Å².